The Labute approximate surface area is 74.5 Å². The molecular weight excluding hydrogens is 148 g/mol. The minimum atomic E-state index is -0.125. The lowest BCUT2D eigenvalue weighted by Crippen LogP contribution is -2.34. The lowest BCUT2D eigenvalue weighted by atomic mass is 9.70. The van der Waals surface area contributed by atoms with Gasteiger partial charge < -0.3 is 0 Å². The molecule has 1 nitrogen and oxygen atoms in total. The van der Waals surface area contributed by atoms with E-state index in [9.17, 15) is 4.79 Å². The number of ketones is 1. The summed E-state index contributed by atoms with van der Waals surface area (Å²) < 4.78 is 0. The van der Waals surface area contributed by atoms with Crippen LogP contribution in [0.3, 0.4) is 0 Å². The number of hydrogen-bond acceptors (Lipinski definition) is 1. The standard InChI is InChI=1S/C11H16O/c1-4-6-9-7-5-8-11(2,3)10(9)12/h1,9H,5-8H2,2-3H3. The van der Waals surface area contributed by atoms with Crippen LogP contribution in [0.4, 0.5) is 0 Å². The average Bonchev–Trinajstić information content (AvgIpc) is 1.99. The molecule has 1 rings (SSSR count). The monoisotopic (exact) mass is 164 g/mol. The van der Waals surface area contributed by atoms with Gasteiger partial charge in [-0.2, -0.15) is 0 Å². The van der Waals surface area contributed by atoms with Crippen molar-refractivity contribution in [3.05, 3.63) is 0 Å². The molecule has 1 atom stereocenters. The van der Waals surface area contributed by atoms with Crippen LogP contribution in [-0.4, -0.2) is 5.78 Å². The lowest BCUT2D eigenvalue weighted by Gasteiger charge is -2.32. The summed E-state index contributed by atoms with van der Waals surface area (Å²) in [6.45, 7) is 4.05. The molecule has 1 unspecified atom stereocenters. The zero-order chi connectivity index (χ0) is 9.19. The van der Waals surface area contributed by atoms with E-state index in [4.69, 9.17) is 6.42 Å². The Morgan fingerprint density at radius 3 is 2.92 bits per heavy atom. The van der Waals surface area contributed by atoms with Crippen molar-refractivity contribution in [3.8, 4) is 12.3 Å². The highest BCUT2D eigenvalue weighted by atomic mass is 16.1. The molecule has 0 aromatic heterocycles. The van der Waals surface area contributed by atoms with Crippen LogP contribution in [0.2, 0.25) is 0 Å². The van der Waals surface area contributed by atoms with Gasteiger partial charge in [0.15, 0.2) is 0 Å². The van der Waals surface area contributed by atoms with E-state index in [2.05, 4.69) is 5.92 Å². The van der Waals surface area contributed by atoms with Gasteiger partial charge in [-0.05, 0) is 12.8 Å². The average molecular weight is 164 g/mol. The number of terminal acetylenes is 1. The first kappa shape index (κ1) is 9.32. The largest absolute Gasteiger partial charge is 0.299 e. The van der Waals surface area contributed by atoms with E-state index in [0.29, 0.717) is 12.2 Å². The first-order chi connectivity index (χ1) is 5.58. The fraction of sp³-hybridized carbons (Fsp3) is 0.727. The summed E-state index contributed by atoms with van der Waals surface area (Å²) in [5.41, 5.74) is -0.125. The number of carbonyl (C=O) groups is 1. The van der Waals surface area contributed by atoms with E-state index < -0.39 is 0 Å². The highest BCUT2D eigenvalue weighted by Gasteiger charge is 2.36. The first-order valence-electron chi connectivity index (χ1n) is 4.56. The molecule has 0 radical (unpaired) electrons. The third-order valence-corrected chi connectivity index (χ3v) is 2.76. The van der Waals surface area contributed by atoms with E-state index in [1.54, 1.807) is 0 Å². The van der Waals surface area contributed by atoms with Crippen molar-refractivity contribution in [2.75, 3.05) is 0 Å². The zero-order valence-electron chi connectivity index (χ0n) is 7.89. The second kappa shape index (κ2) is 3.31. The zero-order valence-corrected chi connectivity index (χ0v) is 7.89. The molecule has 1 fully saturated rings. The Kier molecular flexibility index (Phi) is 2.57. The number of rotatable bonds is 1. The van der Waals surface area contributed by atoms with E-state index in [1.807, 2.05) is 13.8 Å². The van der Waals surface area contributed by atoms with Gasteiger partial charge in [0, 0.05) is 17.8 Å². The molecule has 0 amide bonds. The first-order valence-corrected chi connectivity index (χ1v) is 4.56. The molecule has 0 aromatic carbocycles. The molecule has 0 saturated heterocycles. The van der Waals surface area contributed by atoms with Crippen molar-refractivity contribution in [2.45, 2.75) is 39.5 Å². The van der Waals surface area contributed by atoms with Gasteiger partial charge in [0.25, 0.3) is 0 Å². The van der Waals surface area contributed by atoms with Crippen LogP contribution in [-0.2, 0) is 4.79 Å². The van der Waals surface area contributed by atoms with Crippen LogP contribution < -0.4 is 0 Å². The Balaban J connectivity index is 2.68. The SMILES string of the molecule is C#CCC1CCCC(C)(C)C1=O. The summed E-state index contributed by atoms with van der Waals surface area (Å²) in [5.74, 6) is 3.09. The third-order valence-electron chi connectivity index (χ3n) is 2.76. The molecule has 0 aliphatic heterocycles. The fourth-order valence-corrected chi connectivity index (χ4v) is 1.93. The number of hydrogen-bond donors (Lipinski definition) is 0. The fourth-order valence-electron chi connectivity index (χ4n) is 1.93. The maximum atomic E-state index is 11.7. The Bertz CT molecular complexity index is 220. The number of Topliss-reactive ketones (excluding diaryl/α,β-unsaturated/α-hetero) is 1. The van der Waals surface area contributed by atoms with Gasteiger partial charge in [0.2, 0.25) is 0 Å². The highest BCUT2D eigenvalue weighted by Crippen LogP contribution is 2.36. The summed E-state index contributed by atoms with van der Waals surface area (Å²) in [7, 11) is 0. The van der Waals surface area contributed by atoms with Crippen LogP contribution in [0.15, 0.2) is 0 Å². The van der Waals surface area contributed by atoms with Gasteiger partial charge in [0.1, 0.15) is 5.78 Å². The van der Waals surface area contributed by atoms with E-state index in [-0.39, 0.29) is 11.3 Å². The molecule has 0 heterocycles. The van der Waals surface area contributed by atoms with Crippen molar-refractivity contribution >= 4 is 5.78 Å². The molecule has 0 aromatic rings. The summed E-state index contributed by atoms with van der Waals surface area (Å²) in [6, 6.07) is 0. The van der Waals surface area contributed by atoms with Gasteiger partial charge in [-0.3, -0.25) is 4.79 Å². The molecule has 0 spiro atoms. The predicted octanol–water partition coefficient (Wildman–Crippen LogP) is 2.41. The summed E-state index contributed by atoms with van der Waals surface area (Å²) in [5, 5.41) is 0. The third kappa shape index (κ3) is 1.69. The second-order valence-corrected chi connectivity index (χ2v) is 4.25. The van der Waals surface area contributed by atoms with E-state index >= 15 is 0 Å². The van der Waals surface area contributed by atoms with Crippen LogP contribution in [0.5, 0.6) is 0 Å². The maximum Gasteiger partial charge on any atom is 0.142 e. The smallest absolute Gasteiger partial charge is 0.142 e. The second-order valence-electron chi connectivity index (χ2n) is 4.25. The van der Waals surface area contributed by atoms with Crippen LogP contribution in [0, 0.1) is 23.7 Å². The molecule has 12 heavy (non-hydrogen) atoms. The van der Waals surface area contributed by atoms with Crippen molar-refractivity contribution in [1.82, 2.24) is 0 Å². The highest BCUT2D eigenvalue weighted by molar-refractivity contribution is 5.87. The quantitative estimate of drug-likeness (QED) is 0.544. The molecular formula is C11H16O. The normalized spacial score (nSPS) is 28.1. The lowest BCUT2D eigenvalue weighted by molar-refractivity contribution is -0.134. The molecule has 0 bridgehead atoms. The van der Waals surface area contributed by atoms with Gasteiger partial charge in [0.05, 0.1) is 0 Å². The van der Waals surface area contributed by atoms with Crippen molar-refractivity contribution < 1.29 is 4.79 Å². The Morgan fingerprint density at radius 2 is 2.33 bits per heavy atom. The Hall–Kier alpha value is -0.770. The summed E-state index contributed by atoms with van der Waals surface area (Å²) in [4.78, 5) is 11.7. The molecule has 1 aliphatic rings. The molecule has 66 valence electrons. The van der Waals surface area contributed by atoms with Crippen LogP contribution in [0.25, 0.3) is 0 Å². The number of carbonyl (C=O) groups excluding carboxylic acids is 1. The summed E-state index contributed by atoms with van der Waals surface area (Å²) >= 11 is 0. The van der Waals surface area contributed by atoms with Crippen molar-refractivity contribution in [1.29, 1.82) is 0 Å². The maximum absolute atomic E-state index is 11.7. The molecule has 0 N–H and O–H groups in total. The summed E-state index contributed by atoms with van der Waals surface area (Å²) in [6.07, 6.45) is 8.99. The van der Waals surface area contributed by atoms with E-state index in [1.165, 1.54) is 0 Å². The Morgan fingerprint density at radius 1 is 1.67 bits per heavy atom. The molecule has 1 aliphatic carbocycles. The van der Waals surface area contributed by atoms with Crippen molar-refractivity contribution in [2.24, 2.45) is 11.3 Å². The van der Waals surface area contributed by atoms with E-state index in [0.717, 1.165) is 19.3 Å². The van der Waals surface area contributed by atoms with Crippen LogP contribution in [0.1, 0.15) is 39.5 Å². The molecule has 1 heteroatoms. The van der Waals surface area contributed by atoms with Gasteiger partial charge >= 0.3 is 0 Å². The van der Waals surface area contributed by atoms with Gasteiger partial charge in [-0.15, -0.1) is 12.3 Å². The molecule has 1 saturated carbocycles. The van der Waals surface area contributed by atoms with Gasteiger partial charge in [-0.25, -0.2) is 0 Å². The minimum absolute atomic E-state index is 0.125. The topological polar surface area (TPSA) is 17.1 Å². The predicted molar refractivity (Wildman–Crippen MR) is 49.6 cm³/mol. The van der Waals surface area contributed by atoms with Crippen LogP contribution >= 0.6 is 0 Å². The minimum Gasteiger partial charge on any atom is -0.299 e. The van der Waals surface area contributed by atoms with Crippen molar-refractivity contribution in [3.63, 3.8) is 0 Å². The van der Waals surface area contributed by atoms with Gasteiger partial charge in [-0.1, -0.05) is 20.3 Å².